The highest BCUT2D eigenvalue weighted by atomic mass is 16.6. The number of hydrogen-bond acceptors (Lipinski definition) is 5. The van der Waals surface area contributed by atoms with Crippen LogP contribution in [0.5, 0.6) is 0 Å². The standard InChI is InChI=1S/C19H20N6O3/c26-19(21-11-10-20-17-8-4-5-9-18(17)25(27)28)22-12-15-13-23-24(14-15)16-6-2-1-3-7-16/h1-9,13-14,20H,10-12H2,(H2,21,22,26). The second-order valence-corrected chi connectivity index (χ2v) is 5.94. The van der Waals surface area contributed by atoms with Gasteiger partial charge in [0.25, 0.3) is 5.69 Å². The molecular formula is C19H20N6O3. The molecule has 0 saturated carbocycles. The molecule has 0 aliphatic rings. The second-order valence-electron chi connectivity index (χ2n) is 5.94. The van der Waals surface area contributed by atoms with Crippen LogP contribution in [0.15, 0.2) is 67.0 Å². The third-order valence-corrected chi connectivity index (χ3v) is 3.94. The molecule has 0 aliphatic carbocycles. The van der Waals surface area contributed by atoms with Crippen molar-refractivity contribution in [2.24, 2.45) is 0 Å². The first-order valence-electron chi connectivity index (χ1n) is 8.71. The molecule has 3 aromatic rings. The Morgan fingerprint density at radius 2 is 1.79 bits per heavy atom. The Balaban J connectivity index is 1.40. The van der Waals surface area contributed by atoms with Gasteiger partial charge in [0, 0.05) is 37.5 Å². The van der Waals surface area contributed by atoms with Crippen molar-refractivity contribution in [3.8, 4) is 5.69 Å². The number of carbonyl (C=O) groups excluding carboxylic acids is 1. The largest absolute Gasteiger partial charge is 0.378 e. The number of nitro groups is 1. The molecule has 0 bridgehead atoms. The molecule has 0 saturated heterocycles. The van der Waals surface area contributed by atoms with E-state index in [0.29, 0.717) is 25.3 Å². The third kappa shape index (κ3) is 5.07. The van der Waals surface area contributed by atoms with Crippen LogP contribution >= 0.6 is 0 Å². The normalized spacial score (nSPS) is 10.3. The van der Waals surface area contributed by atoms with Crippen molar-refractivity contribution in [3.63, 3.8) is 0 Å². The van der Waals surface area contributed by atoms with E-state index in [-0.39, 0.29) is 11.7 Å². The minimum Gasteiger partial charge on any atom is -0.378 e. The van der Waals surface area contributed by atoms with Gasteiger partial charge in [-0.25, -0.2) is 9.48 Å². The minimum atomic E-state index is -0.446. The van der Waals surface area contributed by atoms with E-state index in [1.54, 1.807) is 29.1 Å². The van der Waals surface area contributed by atoms with Crippen LogP contribution in [-0.2, 0) is 6.54 Å². The molecule has 2 amide bonds. The average Bonchev–Trinajstić information content (AvgIpc) is 3.20. The molecule has 0 fully saturated rings. The Morgan fingerprint density at radius 3 is 2.57 bits per heavy atom. The zero-order chi connectivity index (χ0) is 19.8. The van der Waals surface area contributed by atoms with Gasteiger partial charge in [-0.15, -0.1) is 0 Å². The highest BCUT2D eigenvalue weighted by Gasteiger charge is 2.11. The molecule has 3 rings (SSSR count). The summed E-state index contributed by atoms with van der Waals surface area (Å²) in [4.78, 5) is 22.4. The number of carbonyl (C=O) groups is 1. The lowest BCUT2D eigenvalue weighted by molar-refractivity contribution is -0.384. The topological polar surface area (TPSA) is 114 Å². The zero-order valence-corrected chi connectivity index (χ0v) is 15.0. The molecule has 0 aliphatic heterocycles. The summed E-state index contributed by atoms with van der Waals surface area (Å²) in [6.07, 6.45) is 3.55. The van der Waals surface area contributed by atoms with E-state index in [1.807, 2.05) is 36.5 Å². The summed E-state index contributed by atoms with van der Waals surface area (Å²) < 4.78 is 1.74. The fraction of sp³-hybridized carbons (Fsp3) is 0.158. The van der Waals surface area contributed by atoms with Crippen LogP contribution < -0.4 is 16.0 Å². The molecule has 0 radical (unpaired) electrons. The summed E-state index contributed by atoms with van der Waals surface area (Å²) in [5.41, 5.74) is 2.24. The van der Waals surface area contributed by atoms with E-state index in [9.17, 15) is 14.9 Å². The Bertz CT molecular complexity index is 942. The van der Waals surface area contributed by atoms with Crippen molar-refractivity contribution < 1.29 is 9.72 Å². The molecule has 0 spiro atoms. The number of benzene rings is 2. The number of amides is 2. The van der Waals surface area contributed by atoms with Crippen molar-refractivity contribution in [2.75, 3.05) is 18.4 Å². The lowest BCUT2D eigenvalue weighted by atomic mass is 10.2. The number of anilines is 1. The molecule has 1 heterocycles. The van der Waals surface area contributed by atoms with E-state index in [0.717, 1.165) is 11.3 Å². The summed E-state index contributed by atoms with van der Waals surface area (Å²) in [5, 5.41) is 23.6. The van der Waals surface area contributed by atoms with E-state index >= 15 is 0 Å². The van der Waals surface area contributed by atoms with E-state index in [4.69, 9.17) is 0 Å². The van der Waals surface area contributed by atoms with Gasteiger partial charge in [-0.3, -0.25) is 10.1 Å². The van der Waals surface area contributed by atoms with Crippen LogP contribution in [0.25, 0.3) is 5.69 Å². The first-order chi connectivity index (χ1) is 13.6. The minimum absolute atomic E-state index is 0.00220. The molecule has 9 heteroatoms. The van der Waals surface area contributed by atoms with Crippen LogP contribution in [0.1, 0.15) is 5.56 Å². The van der Waals surface area contributed by atoms with Gasteiger partial charge < -0.3 is 16.0 Å². The summed E-state index contributed by atoms with van der Waals surface area (Å²) in [5.74, 6) is 0. The monoisotopic (exact) mass is 380 g/mol. The molecule has 0 atom stereocenters. The SMILES string of the molecule is O=C(NCCNc1ccccc1[N+](=O)[O-])NCc1cnn(-c2ccccc2)c1. The van der Waals surface area contributed by atoms with Gasteiger partial charge in [-0.1, -0.05) is 30.3 Å². The van der Waals surface area contributed by atoms with Gasteiger partial charge in [0.05, 0.1) is 16.8 Å². The van der Waals surface area contributed by atoms with Gasteiger partial charge in [0.15, 0.2) is 0 Å². The van der Waals surface area contributed by atoms with Crippen molar-refractivity contribution in [3.05, 3.63) is 82.7 Å². The van der Waals surface area contributed by atoms with Gasteiger partial charge >= 0.3 is 6.03 Å². The van der Waals surface area contributed by atoms with Gasteiger partial charge in [0.2, 0.25) is 0 Å². The fourth-order valence-electron chi connectivity index (χ4n) is 2.57. The Morgan fingerprint density at radius 1 is 1.04 bits per heavy atom. The molecule has 144 valence electrons. The van der Waals surface area contributed by atoms with Crippen molar-refractivity contribution >= 4 is 17.4 Å². The quantitative estimate of drug-likeness (QED) is 0.316. The van der Waals surface area contributed by atoms with Crippen LogP contribution in [-0.4, -0.2) is 33.8 Å². The first-order valence-corrected chi connectivity index (χ1v) is 8.71. The van der Waals surface area contributed by atoms with Crippen LogP contribution in [0.2, 0.25) is 0 Å². The summed E-state index contributed by atoms with van der Waals surface area (Å²) in [7, 11) is 0. The number of para-hydroxylation sites is 3. The third-order valence-electron chi connectivity index (χ3n) is 3.94. The van der Waals surface area contributed by atoms with Crippen LogP contribution in [0, 0.1) is 10.1 Å². The first kappa shape index (κ1) is 18.9. The van der Waals surface area contributed by atoms with Crippen LogP contribution in [0.4, 0.5) is 16.2 Å². The van der Waals surface area contributed by atoms with Gasteiger partial charge in [-0.2, -0.15) is 5.10 Å². The fourth-order valence-corrected chi connectivity index (χ4v) is 2.57. The predicted molar refractivity (Wildman–Crippen MR) is 105 cm³/mol. The Hall–Kier alpha value is -3.88. The smallest absolute Gasteiger partial charge is 0.315 e. The number of aromatic nitrogens is 2. The second kappa shape index (κ2) is 9.17. The molecule has 1 aromatic heterocycles. The zero-order valence-electron chi connectivity index (χ0n) is 15.0. The average molecular weight is 380 g/mol. The van der Waals surface area contributed by atoms with E-state index in [2.05, 4.69) is 21.0 Å². The molecule has 9 nitrogen and oxygen atoms in total. The number of rotatable bonds is 8. The van der Waals surface area contributed by atoms with Gasteiger partial charge in [0.1, 0.15) is 5.69 Å². The number of nitrogens with one attached hydrogen (secondary N) is 3. The summed E-state index contributed by atoms with van der Waals surface area (Å²) >= 11 is 0. The maximum Gasteiger partial charge on any atom is 0.315 e. The lowest BCUT2D eigenvalue weighted by Crippen LogP contribution is -2.37. The molecule has 2 aromatic carbocycles. The lowest BCUT2D eigenvalue weighted by Gasteiger charge is -2.09. The summed E-state index contributed by atoms with van der Waals surface area (Å²) in [6, 6.07) is 15.7. The Labute approximate surface area is 161 Å². The molecule has 3 N–H and O–H groups in total. The van der Waals surface area contributed by atoms with Crippen molar-refractivity contribution in [1.82, 2.24) is 20.4 Å². The number of nitro benzene ring substituents is 1. The van der Waals surface area contributed by atoms with Crippen molar-refractivity contribution in [2.45, 2.75) is 6.54 Å². The number of urea groups is 1. The Kier molecular flexibility index (Phi) is 6.19. The van der Waals surface area contributed by atoms with Crippen molar-refractivity contribution in [1.29, 1.82) is 0 Å². The van der Waals surface area contributed by atoms with E-state index < -0.39 is 4.92 Å². The number of hydrogen-bond donors (Lipinski definition) is 3. The van der Waals surface area contributed by atoms with Gasteiger partial charge in [-0.05, 0) is 18.2 Å². The van der Waals surface area contributed by atoms with Crippen LogP contribution in [0.3, 0.4) is 0 Å². The molecular weight excluding hydrogens is 360 g/mol. The molecule has 28 heavy (non-hydrogen) atoms. The number of nitrogens with zero attached hydrogens (tertiary/aromatic N) is 3. The predicted octanol–water partition coefficient (Wildman–Crippen LogP) is 2.69. The highest BCUT2D eigenvalue weighted by molar-refractivity contribution is 5.73. The highest BCUT2D eigenvalue weighted by Crippen LogP contribution is 2.22. The summed E-state index contributed by atoms with van der Waals surface area (Å²) in [6.45, 7) is 1.03. The maximum atomic E-state index is 11.9. The maximum absolute atomic E-state index is 11.9. The van der Waals surface area contributed by atoms with E-state index in [1.165, 1.54) is 6.07 Å². The molecule has 0 unspecified atom stereocenters.